The monoisotopic (exact) mass is 282 g/mol. The van der Waals surface area contributed by atoms with Crippen LogP contribution < -0.4 is 10.6 Å². The quantitative estimate of drug-likeness (QED) is 0.591. The van der Waals surface area contributed by atoms with Crippen LogP contribution in [0.4, 0.5) is 0 Å². The Kier molecular flexibility index (Phi) is 7.42. The standard InChI is InChI=1S/C14H22N2O4/c1-2-11(7-9-17)16-13(18)6-3-8-15-14(19)12-5-4-10-20-12/h4-5,10-11,17H,2-3,6-9H2,1H3,(H,15,19)(H,16,18). The van der Waals surface area contributed by atoms with Crippen molar-refractivity contribution in [1.82, 2.24) is 10.6 Å². The predicted octanol–water partition coefficient (Wildman–Crippen LogP) is 1.07. The minimum Gasteiger partial charge on any atom is -0.459 e. The summed E-state index contributed by atoms with van der Waals surface area (Å²) < 4.78 is 4.95. The minimum atomic E-state index is -0.276. The number of amides is 2. The largest absolute Gasteiger partial charge is 0.459 e. The number of aliphatic hydroxyl groups excluding tert-OH is 1. The molecule has 0 aliphatic rings. The molecule has 3 N–H and O–H groups in total. The Balaban J connectivity index is 2.14. The van der Waals surface area contributed by atoms with Crippen molar-refractivity contribution in [3.05, 3.63) is 24.2 Å². The molecule has 1 aromatic rings. The summed E-state index contributed by atoms with van der Waals surface area (Å²) in [5.74, 6) is -0.0666. The fourth-order valence-electron chi connectivity index (χ4n) is 1.78. The summed E-state index contributed by atoms with van der Waals surface area (Å²) in [4.78, 5) is 23.2. The summed E-state index contributed by atoms with van der Waals surface area (Å²) in [6.45, 7) is 2.45. The zero-order valence-corrected chi connectivity index (χ0v) is 11.7. The van der Waals surface area contributed by atoms with Gasteiger partial charge in [0.15, 0.2) is 5.76 Å². The predicted molar refractivity (Wildman–Crippen MR) is 74.2 cm³/mol. The van der Waals surface area contributed by atoms with Gasteiger partial charge in [-0.3, -0.25) is 9.59 Å². The van der Waals surface area contributed by atoms with E-state index < -0.39 is 0 Å². The lowest BCUT2D eigenvalue weighted by molar-refractivity contribution is -0.122. The van der Waals surface area contributed by atoms with Gasteiger partial charge in [0.1, 0.15) is 0 Å². The van der Waals surface area contributed by atoms with E-state index in [2.05, 4.69) is 10.6 Å². The molecule has 1 atom stereocenters. The van der Waals surface area contributed by atoms with Crippen molar-refractivity contribution in [2.75, 3.05) is 13.2 Å². The van der Waals surface area contributed by atoms with Crippen molar-refractivity contribution < 1.29 is 19.1 Å². The smallest absolute Gasteiger partial charge is 0.286 e. The summed E-state index contributed by atoms with van der Waals surface area (Å²) in [5, 5.41) is 14.4. The Labute approximate surface area is 118 Å². The molecule has 0 aliphatic carbocycles. The van der Waals surface area contributed by atoms with Gasteiger partial charge in [-0.15, -0.1) is 0 Å². The molecule has 1 aromatic heterocycles. The lowest BCUT2D eigenvalue weighted by Crippen LogP contribution is -2.35. The molecule has 0 saturated heterocycles. The van der Waals surface area contributed by atoms with Crippen LogP contribution in [0.1, 0.15) is 43.2 Å². The molecule has 0 spiro atoms. The SMILES string of the molecule is CCC(CCO)NC(=O)CCCNC(=O)c1ccco1. The van der Waals surface area contributed by atoms with Gasteiger partial charge in [0.05, 0.1) is 6.26 Å². The van der Waals surface area contributed by atoms with E-state index in [1.165, 1.54) is 6.26 Å². The first-order chi connectivity index (χ1) is 9.67. The Morgan fingerprint density at radius 2 is 2.25 bits per heavy atom. The first-order valence-corrected chi connectivity index (χ1v) is 6.89. The Bertz CT molecular complexity index is 403. The number of rotatable bonds is 9. The number of carbonyl (C=O) groups excluding carboxylic acids is 2. The third-order valence-electron chi connectivity index (χ3n) is 2.95. The molecule has 6 nitrogen and oxygen atoms in total. The van der Waals surface area contributed by atoms with Crippen molar-refractivity contribution in [2.45, 2.75) is 38.6 Å². The molecular weight excluding hydrogens is 260 g/mol. The second-order valence-electron chi connectivity index (χ2n) is 4.52. The molecule has 6 heteroatoms. The number of hydrogen-bond donors (Lipinski definition) is 3. The maximum absolute atomic E-state index is 11.6. The summed E-state index contributed by atoms with van der Waals surface area (Å²) in [6.07, 6.45) is 3.71. The minimum absolute atomic E-state index is 0.0187. The van der Waals surface area contributed by atoms with Gasteiger partial charge in [0.2, 0.25) is 5.91 Å². The van der Waals surface area contributed by atoms with Crippen LogP contribution in [-0.4, -0.2) is 36.1 Å². The van der Waals surface area contributed by atoms with Crippen molar-refractivity contribution in [3.63, 3.8) is 0 Å². The number of aliphatic hydroxyl groups is 1. The van der Waals surface area contributed by atoms with Crippen LogP contribution >= 0.6 is 0 Å². The van der Waals surface area contributed by atoms with Gasteiger partial charge >= 0.3 is 0 Å². The molecule has 0 aromatic carbocycles. The molecule has 1 rings (SSSR count). The zero-order valence-electron chi connectivity index (χ0n) is 11.7. The van der Waals surface area contributed by atoms with Crippen LogP contribution in [-0.2, 0) is 4.79 Å². The first kappa shape index (κ1) is 16.2. The molecule has 1 heterocycles. The summed E-state index contributed by atoms with van der Waals surface area (Å²) in [6, 6.07) is 3.25. The highest BCUT2D eigenvalue weighted by atomic mass is 16.3. The van der Waals surface area contributed by atoms with Crippen molar-refractivity contribution in [2.24, 2.45) is 0 Å². The molecular formula is C14H22N2O4. The van der Waals surface area contributed by atoms with E-state index in [1.807, 2.05) is 6.92 Å². The summed E-state index contributed by atoms with van der Waals surface area (Å²) in [7, 11) is 0. The molecule has 112 valence electrons. The fourth-order valence-corrected chi connectivity index (χ4v) is 1.78. The van der Waals surface area contributed by atoms with Crippen LogP contribution in [0.2, 0.25) is 0 Å². The van der Waals surface area contributed by atoms with Gasteiger partial charge in [-0.2, -0.15) is 0 Å². The van der Waals surface area contributed by atoms with Crippen LogP contribution in [0.3, 0.4) is 0 Å². The topological polar surface area (TPSA) is 91.6 Å². The molecule has 0 fully saturated rings. The Morgan fingerprint density at radius 1 is 1.45 bits per heavy atom. The van der Waals surface area contributed by atoms with Crippen LogP contribution in [0, 0.1) is 0 Å². The lowest BCUT2D eigenvalue weighted by atomic mass is 10.1. The second kappa shape index (κ2) is 9.14. The highest BCUT2D eigenvalue weighted by molar-refractivity contribution is 5.91. The number of furan rings is 1. The third kappa shape index (κ3) is 5.88. The van der Waals surface area contributed by atoms with E-state index in [1.54, 1.807) is 12.1 Å². The zero-order chi connectivity index (χ0) is 14.8. The van der Waals surface area contributed by atoms with E-state index in [0.29, 0.717) is 25.8 Å². The van der Waals surface area contributed by atoms with Gasteiger partial charge in [-0.05, 0) is 31.4 Å². The maximum atomic E-state index is 11.6. The molecule has 0 aliphatic heterocycles. The van der Waals surface area contributed by atoms with E-state index >= 15 is 0 Å². The molecule has 2 amide bonds. The van der Waals surface area contributed by atoms with Gasteiger partial charge in [-0.25, -0.2) is 0 Å². The van der Waals surface area contributed by atoms with Gasteiger partial charge in [-0.1, -0.05) is 6.92 Å². The molecule has 0 radical (unpaired) electrons. The molecule has 20 heavy (non-hydrogen) atoms. The first-order valence-electron chi connectivity index (χ1n) is 6.89. The van der Waals surface area contributed by atoms with Crippen LogP contribution in [0.5, 0.6) is 0 Å². The molecule has 0 bridgehead atoms. The van der Waals surface area contributed by atoms with E-state index in [0.717, 1.165) is 6.42 Å². The summed E-state index contributed by atoms with van der Waals surface area (Å²) in [5.41, 5.74) is 0. The van der Waals surface area contributed by atoms with Crippen LogP contribution in [0.25, 0.3) is 0 Å². The number of carbonyl (C=O) groups is 2. The fraction of sp³-hybridized carbons (Fsp3) is 0.571. The highest BCUT2D eigenvalue weighted by Gasteiger charge is 2.10. The van der Waals surface area contributed by atoms with E-state index in [-0.39, 0.29) is 30.2 Å². The second-order valence-corrected chi connectivity index (χ2v) is 4.52. The maximum Gasteiger partial charge on any atom is 0.286 e. The normalized spacial score (nSPS) is 11.9. The average Bonchev–Trinajstić information content (AvgIpc) is 2.97. The third-order valence-corrected chi connectivity index (χ3v) is 2.95. The van der Waals surface area contributed by atoms with E-state index in [4.69, 9.17) is 9.52 Å². The van der Waals surface area contributed by atoms with Gasteiger partial charge in [0, 0.05) is 25.6 Å². The van der Waals surface area contributed by atoms with Crippen molar-refractivity contribution in [3.8, 4) is 0 Å². The van der Waals surface area contributed by atoms with Crippen molar-refractivity contribution in [1.29, 1.82) is 0 Å². The van der Waals surface area contributed by atoms with Crippen molar-refractivity contribution >= 4 is 11.8 Å². The van der Waals surface area contributed by atoms with Gasteiger partial charge < -0.3 is 20.2 Å². The van der Waals surface area contributed by atoms with E-state index in [9.17, 15) is 9.59 Å². The number of nitrogens with one attached hydrogen (secondary N) is 2. The average molecular weight is 282 g/mol. The summed E-state index contributed by atoms with van der Waals surface area (Å²) >= 11 is 0. The molecule has 0 saturated carbocycles. The lowest BCUT2D eigenvalue weighted by Gasteiger charge is -2.15. The highest BCUT2D eigenvalue weighted by Crippen LogP contribution is 2.00. The number of hydrogen-bond acceptors (Lipinski definition) is 4. The Hall–Kier alpha value is -1.82. The van der Waals surface area contributed by atoms with Gasteiger partial charge in [0.25, 0.3) is 5.91 Å². The molecule has 1 unspecified atom stereocenters. The Morgan fingerprint density at radius 3 is 2.85 bits per heavy atom. The van der Waals surface area contributed by atoms with Crippen LogP contribution in [0.15, 0.2) is 22.8 Å².